The molecule has 1 unspecified atom stereocenters. The number of ether oxygens (including phenoxy) is 1. The topological polar surface area (TPSA) is 24.5 Å². The lowest BCUT2D eigenvalue weighted by Crippen LogP contribution is -2.30. The molecule has 3 heteroatoms. The van der Waals surface area contributed by atoms with Crippen molar-refractivity contribution in [3.8, 4) is 5.75 Å². The second-order valence-electron chi connectivity index (χ2n) is 5.56. The fourth-order valence-corrected chi connectivity index (χ4v) is 3.01. The van der Waals surface area contributed by atoms with Gasteiger partial charge in [0.1, 0.15) is 5.75 Å². The van der Waals surface area contributed by atoms with Crippen LogP contribution >= 0.6 is 0 Å². The second kappa shape index (κ2) is 6.29. The van der Waals surface area contributed by atoms with Gasteiger partial charge in [0.2, 0.25) is 0 Å². The van der Waals surface area contributed by atoms with Crippen molar-refractivity contribution >= 4 is 0 Å². The number of nitrogens with one attached hydrogen (secondary N) is 1. The van der Waals surface area contributed by atoms with Crippen LogP contribution in [0.4, 0.5) is 0 Å². The first-order chi connectivity index (χ1) is 10.3. The van der Waals surface area contributed by atoms with Crippen LogP contribution in [-0.4, -0.2) is 25.6 Å². The van der Waals surface area contributed by atoms with Crippen molar-refractivity contribution in [1.29, 1.82) is 0 Å². The third-order valence-electron chi connectivity index (χ3n) is 4.19. The Morgan fingerprint density at radius 1 is 1.10 bits per heavy atom. The molecule has 0 bridgehead atoms. The van der Waals surface area contributed by atoms with Crippen LogP contribution in [0.15, 0.2) is 48.5 Å². The number of hydrogen-bond acceptors (Lipinski definition) is 3. The lowest BCUT2D eigenvalue weighted by molar-refractivity contribution is 0.253. The SMILES string of the molecule is CNC(CN1Cc2ccccc2C1)c1cccc(OC)c1. The molecule has 0 fully saturated rings. The van der Waals surface area contributed by atoms with E-state index in [-0.39, 0.29) is 0 Å². The van der Waals surface area contributed by atoms with Gasteiger partial charge >= 0.3 is 0 Å². The smallest absolute Gasteiger partial charge is 0.119 e. The molecule has 1 aliphatic heterocycles. The van der Waals surface area contributed by atoms with Gasteiger partial charge in [0.25, 0.3) is 0 Å². The third kappa shape index (κ3) is 3.09. The molecule has 2 aromatic carbocycles. The van der Waals surface area contributed by atoms with Crippen molar-refractivity contribution in [3.05, 3.63) is 65.2 Å². The molecule has 0 saturated carbocycles. The lowest BCUT2D eigenvalue weighted by Gasteiger charge is -2.23. The maximum absolute atomic E-state index is 5.33. The molecule has 3 nitrogen and oxygen atoms in total. The Labute approximate surface area is 126 Å². The standard InChI is InChI=1S/C18H22N2O/c1-19-18(14-8-5-9-17(10-14)21-2)13-20-11-15-6-3-4-7-16(15)12-20/h3-10,18-19H,11-13H2,1-2H3. The van der Waals surface area contributed by atoms with Crippen LogP contribution in [-0.2, 0) is 13.1 Å². The minimum absolute atomic E-state index is 0.314. The Bertz CT molecular complexity index is 587. The normalized spacial score (nSPS) is 15.7. The van der Waals surface area contributed by atoms with E-state index < -0.39 is 0 Å². The van der Waals surface area contributed by atoms with Crippen LogP contribution in [0, 0.1) is 0 Å². The summed E-state index contributed by atoms with van der Waals surface area (Å²) in [5.74, 6) is 0.914. The summed E-state index contributed by atoms with van der Waals surface area (Å²) in [6, 6.07) is 17.3. The van der Waals surface area contributed by atoms with E-state index in [4.69, 9.17) is 4.74 Å². The lowest BCUT2D eigenvalue weighted by atomic mass is 10.1. The van der Waals surface area contributed by atoms with Crippen molar-refractivity contribution in [2.24, 2.45) is 0 Å². The maximum atomic E-state index is 5.33. The molecule has 0 amide bonds. The van der Waals surface area contributed by atoms with E-state index in [1.165, 1.54) is 16.7 Å². The predicted octanol–water partition coefficient (Wildman–Crippen LogP) is 2.97. The van der Waals surface area contributed by atoms with E-state index in [9.17, 15) is 0 Å². The van der Waals surface area contributed by atoms with Gasteiger partial charge in [-0.1, -0.05) is 36.4 Å². The van der Waals surface area contributed by atoms with Gasteiger partial charge in [-0.3, -0.25) is 4.90 Å². The Morgan fingerprint density at radius 2 is 1.81 bits per heavy atom. The van der Waals surface area contributed by atoms with Crippen molar-refractivity contribution < 1.29 is 4.74 Å². The molecular formula is C18H22N2O. The molecule has 1 N–H and O–H groups in total. The summed E-state index contributed by atoms with van der Waals surface area (Å²) < 4.78 is 5.33. The molecule has 3 rings (SSSR count). The number of methoxy groups -OCH3 is 1. The van der Waals surface area contributed by atoms with Crippen LogP contribution in [0.3, 0.4) is 0 Å². The van der Waals surface area contributed by atoms with Crippen molar-refractivity contribution in [2.45, 2.75) is 19.1 Å². The predicted molar refractivity (Wildman–Crippen MR) is 85.4 cm³/mol. The molecule has 110 valence electrons. The van der Waals surface area contributed by atoms with Crippen molar-refractivity contribution in [1.82, 2.24) is 10.2 Å². The molecule has 1 aliphatic rings. The van der Waals surface area contributed by atoms with Crippen LogP contribution in [0.5, 0.6) is 5.75 Å². The first kappa shape index (κ1) is 14.1. The molecule has 0 spiro atoms. The average molecular weight is 282 g/mol. The molecule has 2 aromatic rings. The van der Waals surface area contributed by atoms with Crippen molar-refractivity contribution in [2.75, 3.05) is 20.7 Å². The summed E-state index contributed by atoms with van der Waals surface area (Å²) in [7, 11) is 3.73. The van der Waals surface area contributed by atoms with Gasteiger partial charge in [-0.2, -0.15) is 0 Å². The highest BCUT2D eigenvalue weighted by molar-refractivity contribution is 5.32. The fraction of sp³-hybridized carbons (Fsp3) is 0.333. The molecule has 0 radical (unpaired) electrons. The highest BCUT2D eigenvalue weighted by Crippen LogP contribution is 2.26. The third-order valence-corrected chi connectivity index (χ3v) is 4.19. The summed E-state index contributed by atoms with van der Waals surface area (Å²) in [4.78, 5) is 2.49. The Balaban J connectivity index is 1.71. The molecule has 1 atom stereocenters. The van der Waals surface area contributed by atoms with Gasteiger partial charge in [-0.25, -0.2) is 0 Å². The summed E-state index contributed by atoms with van der Waals surface area (Å²) in [5, 5.41) is 3.43. The van der Waals surface area contributed by atoms with Gasteiger partial charge in [-0.05, 0) is 35.9 Å². The molecule has 21 heavy (non-hydrogen) atoms. The quantitative estimate of drug-likeness (QED) is 0.912. The van der Waals surface area contributed by atoms with Gasteiger partial charge < -0.3 is 10.1 Å². The minimum atomic E-state index is 0.314. The summed E-state index contributed by atoms with van der Waals surface area (Å²) >= 11 is 0. The zero-order valence-corrected chi connectivity index (χ0v) is 12.7. The molecule has 0 aromatic heterocycles. The van der Waals surface area contributed by atoms with Crippen LogP contribution in [0.2, 0.25) is 0 Å². The van der Waals surface area contributed by atoms with E-state index in [2.05, 4.69) is 52.7 Å². The molecule has 1 heterocycles. The largest absolute Gasteiger partial charge is 0.497 e. The van der Waals surface area contributed by atoms with E-state index >= 15 is 0 Å². The monoisotopic (exact) mass is 282 g/mol. The Kier molecular flexibility index (Phi) is 4.23. The number of fused-ring (bicyclic) bond motifs is 1. The fourth-order valence-electron chi connectivity index (χ4n) is 3.01. The minimum Gasteiger partial charge on any atom is -0.497 e. The zero-order valence-electron chi connectivity index (χ0n) is 12.7. The van der Waals surface area contributed by atoms with E-state index in [0.29, 0.717) is 6.04 Å². The summed E-state index contributed by atoms with van der Waals surface area (Å²) in [6.07, 6.45) is 0. The van der Waals surface area contributed by atoms with Crippen molar-refractivity contribution in [3.63, 3.8) is 0 Å². The summed E-state index contributed by atoms with van der Waals surface area (Å²) in [6.45, 7) is 3.08. The first-order valence-corrected chi connectivity index (χ1v) is 7.40. The average Bonchev–Trinajstić information content (AvgIpc) is 2.95. The molecule has 0 saturated heterocycles. The number of benzene rings is 2. The number of nitrogens with zero attached hydrogens (tertiary/aromatic N) is 1. The first-order valence-electron chi connectivity index (χ1n) is 7.40. The number of hydrogen-bond donors (Lipinski definition) is 1. The van der Waals surface area contributed by atoms with Gasteiger partial charge in [0.15, 0.2) is 0 Å². The van der Waals surface area contributed by atoms with Crippen LogP contribution < -0.4 is 10.1 Å². The van der Waals surface area contributed by atoms with Gasteiger partial charge in [0.05, 0.1) is 7.11 Å². The van der Waals surface area contributed by atoms with E-state index in [1.54, 1.807) is 7.11 Å². The molecule has 0 aliphatic carbocycles. The van der Waals surface area contributed by atoms with Gasteiger partial charge in [-0.15, -0.1) is 0 Å². The second-order valence-corrected chi connectivity index (χ2v) is 5.56. The van der Waals surface area contributed by atoms with Crippen LogP contribution in [0.25, 0.3) is 0 Å². The highest BCUT2D eigenvalue weighted by atomic mass is 16.5. The van der Waals surface area contributed by atoms with E-state index in [1.807, 2.05) is 13.1 Å². The molecular weight excluding hydrogens is 260 g/mol. The zero-order chi connectivity index (χ0) is 14.7. The Hall–Kier alpha value is -1.84. The van der Waals surface area contributed by atoms with E-state index in [0.717, 1.165) is 25.4 Å². The maximum Gasteiger partial charge on any atom is 0.119 e. The Morgan fingerprint density at radius 3 is 2.43 bits per heavy atom. The highest BCUT2D eigenvalue weighted by Gasteiger charge is 2.21. The van der Waals surface area contributed by atoms with Gasteiger partial charge in [0, 0.05) is 25.7 Å². The summed E-state index contributed by atoms with van der Waals surface area (Å²) in [5.41, 5.74) is 4.18. The number of likely N-dealkylation sites (N-methyl/N-ethyl adjacent to an activating group) is 1. The number of rotatable bonds is 5. The van der Waals surface area contributed by atoms with Crippen LogP contribution in [0.1, 0.15) is 22.7 Å².